The average molecular weight is 349 g/mol. The number of aliphatic carboxylic acids is 1. The van der Waals surface area contributed by atoms with Gasteiger partial charge in [-0.3, -0.25) is 4.79 Å². The molecule has 9 heteroatoms. The van der Waals surface area contributed by atoms with Gasteiger partial charge in [-0.2, -0.15) is 4.72 Å². The van der Waals surface area contributed by atoms with Crippen LogP contribution in [-0.4, -0.2) is 40.2 Å². The van der Waals surface area contributed by atoms with E-state index in [9.17, 15) is 21.6 Å². The summed E-state index contributed by atoms with van der Waals surface area (Å²) in [6, 6.07) is 3.52. The van der Waals surface area contributed by atoms with Crippen molar-refractivity contribution < 1.29 is 26.7 Å². The fourth-order valence-corrected chi connectivity index (χ4v) is 3.79. The van der Waals surface area contributed by atoms with E-state index in [4.69, 9.17) is 5.11 Å². The van der Waals surface area contributed by atoms with Gasteiger partial charge in [0.05, 0.1) is 9.79 Å². The molecular formula is C13H19NO6S2. The van der Waals surface area contributed by atoms with Crippen LogP contribution in [0.4, 0.5) is 0 Å². The number of carboxylic acids is 1. The van der Waals surface area contributed by atoms with Gasteiger partial charge in [-0.05, 0) is 30.5 Å². The summed E-state index contributed by atoms with van der Waals surface area (Å²) in [6.45, 7) is 3.54. The lowest BCUT2D eigenvalue weighted by molar-refractivity contribution is -0.139. The van der Waals surface area contributed by atoms with Gasteiger partial charge in [0.1, 0.15) is 6.04 Å². The second-order valence-corrected chi connectivity index (χ2v) is 9.12. The van der Waals surface area contributed by atoms with E-state index in [1.54, 1.807) is 13.8 Å². The highest BCUT2D eigenvalue weighted by Gasteiger charge is 2.26. The third kappa shape index (κ3) is 5.08. The Balaban J connectivity index is 3.16. The van der Waals surface area contributed by atoms with Crippen molar-refractivity contribution in [2.24, 2.45) is 5.92 Å². The molecule has 1 aromatic carbocycles. The molecule has 7 nitrogen and oxygen atoms in total. The zero-order valence-corrected chi connectivity index (χ0v) is 14.1. The topological polar surface area (TPSA) is 118 Å². The fourth-order valence-electron chi connectivity index (χ4n) is 1.80. The molecular weight excluding hydrogens is 330 g/mol. The van der Waals surface area contributed by atoms with Crippen molar-refractivity contribution in [1.82, 2.24) is 4.72 Å². The van der Waals surface area contributed by atoms with Crippen LogP contribution in [0.5, 0.6) is 0 Å². The fraction of sp³-hybridized carbons (Fsp3) is 0.462. The highest BCUT2D eigenvalue weighted by Crippen LogP contribution is 2.17. The van der Waals surface area contributed by atoms with Gasteiger partial charge in [0.15, 0.2) is 9.84 Å². The lowest BCUT2D eigenvalue weighted by atomic mass is 10.1. The first-order valence-electron chi connectivity index (χ1n) is 6.48. The van der Waals surface area contributed by atoms with Crippen molar-refractivity contribution in [3.05, 3.63) is 24.3 Å². The molecule has 0 spiro atoms. The largest absolute Gasteiger partial charge is 0.480 e. The molecule has 0 heterocycles. The number of benzene rings is 1. The van der Waals surface area contributed by atoms with Gasteiger partial charge < -0.3 is 5.11 Å². The van der Waals surface area contributed by atoms with E-state index in [0.717, 1.165) is 12.3 Å². The molecule has 0 fully saturated rings. The average Bonchev–Trinajstić information content (AvgIpc) is 2.36. The van der Waals surface area contributed by atoms with Crippen LogP contribution in [0.2, 0.25) is 0 Å². The van der Waals surface area contributed by atoms with Gasteiger partial charge in [-0.15, -0.1) is 0 Å². The lowest BCUT2D eigenvalue weighted by Crippen LogP contribution is -2.41. The number of carbonyl (C=O) groups is 1. The monoisotopic (exact) mass is 349 g/mol. The molecule has 0 aromatic heterocycles. The third-order valence-corrected chi connectivity index (χ3v) is 5.43. The molecule has 0 amide bonds. The van der Waals surface area contributed by atoms with Crippen molar-refractivity contribution in [2.45, 2.75) is 36.1 Å². The van der Waals surface area contributed by atoms with Crippen molar-refractivity contribution in [2.75, 3.05) is 6.26 Å². The predicted molar refractivity (Wildman–Crippen MR) is 80.8 cm³/mol. The van der Waals surface area contributed by atoms with Crippen molar-refractivity contribution in [1.29, 1.82) is 0 Å². The summed E-state index contributed by atoms with van der Waals surface area (Å²) in [5.41, 5.74) is 0. The van der Waals surface area contributed by atoms with E-state index >= 15 is 0 Å². The summed E-state index contributed by atoms with van der Waals surface area (Å²) < 4.78 is 49.5. The third-order valence-electron chi connectivity index (χ3n) is 2.85. The second kappa shape index (κ2) is 6.76. The molecule has 0 aliphatic rings. The van der Waals surface area contributed by atoms with Gasteiger partial charge in [0.2, 0.25) is 10.0 Å². The Morgan fingerprint density at radius 2 is 1.73 bits per heavy atom. The maximum atomic E-state index is 12.2. The quantitative estimate of drug-likeness (QED) is 0.754. The minimum atomic E-state index is -4.13. The van der Waals surface area contributed by atoms with Gasteiger partial charge in [0.25, 0.3) is 0 Å². The first-order chi connectivity index (χ1) is 9.93. The molecule has 0 aliphatic heterocycles. The number of nitrogens with one attached hydrogen (secondary N) is 1. The number of sulfone groups is 1. The van der Waals surface area contributed by atoms with Gasteiger partial charge in [0, 0.05) is 6.26 Å². The number of carboxylic acid groups (broad SMARTS) is 1. The van der Waals surface area contributed by atoms with Gasteiger partial charge in [-0.1, -0.05) is 19.9 Å². The van der Waals surface area contributed by atoms with E-state index in [2.05, 4.69) is 4.72 Å². The molecule has 0 saturated carbocycles. The molecule has 2 N–H and O–H groups in total. The van der Waals surface area contributed by atoms with Gasteiger partial charge >= 0.3 is 5.97 Å². The molecule has 0 bridgehead atoms. The molecule has 22 heavy (non-hydrogen) atoms. The lowest BCUT2D eigenvalue weighted by Gasteiger charge is -2.16. The predicted octanol–water partition coefficient (Wildman–Crippen LogP) is 0.868. The van der Waals surface area contributed by atoms with Crippen molar-refractivity contribution >= 4 is 25.8 Å². The molecule has 0 aliphatic carbocycles. The summed E-state index contributed by atoms with van der Waals surface area (Å²) in [6.07, 6.45) is 1.09. The van der Waals surface area contributed by atoms with Crippen LogP contribution in [-0.2, 0) is 24.7 Å². The molecule has 1 atom stereocenters. The van der Waals surface area contributed by atoms with E-state index < -0.39 is 31.9 Å². The maximum absolute atomic E-state index is 12.2. The Hall–Kier alpha value is -1.45. The Morgan fingerprint density at radius 3 is 2.18 bits per heavy atom. The molecule has 1 rings (SSSR count). The van der Waals surface area contributed by atoms with Crippen LogP contribution in [0.3, 0.4) is 0 Å². The van der Waals surface area contributed by atoms with Crippen LogP contribution in [0.1, 0.15) is 20.3 Å². The van der Waals surface area contributed by atoms with Crippen molar-refractivity contribution in [3.63, 3.8) is 0 Å². The van der Waals surface area contributed by atoms with E-state index in [1.807, 2.05) is 0 Å². The zero-order chi connectivity index (χ0) is 17.1. The number of hydrogen-bond acceptors (Lipinski definition) is 5. The normalized spacial score (nSPS) is 14.0. The van der Waals surface area contributed by atoms with E-state index in [-0.39, 0.29) is 22.1 Å². The first-order valence-corrected chi connectivity index (χ1v) is 9.86. The molecule has 1 unspecified atom stereocenters. The Bertz CT molecular complexity index is 752. The molecule has 124 valence electrons. The van der Waals surface area contributed by atoms with Crippen LogP contribution >= 0.6 is 0 Å². The number of hydrogen-bond donors (Lipinski definition) is 2. The van der Waals surface area contributed by atoms with Gasteiger partial charge in [-0.25, -0.2) is 16.8 Å². The minimum Gasteiger partial charge on any atom is -0.480 e. The molecule has 0 saturated heterocycles. The van der Waals surface area contributed by atoms with E-state index in [0.29, 0.717) is 0 Å². The Morgan fingerprint density at radius 1 is 1.18 bits per heavy atom. The smallest absolute Gasteiger partial charge is 0.321 e. The van der Waals surface area contributed by atoms with Crippen LogP contribution < -0.4 is 4.72 Å². The highest BCUT2D eigenvalue weighted by molar-refractivity contribution is 7.91. The van der Waals surface area contributed by atoms with E-state index in [1.165, 1.54) is 18.2 Å². The van der Waals surface area contributed by atoms with Crippen LogP contribution in [0.15, 0.2) is 34.1 Å². The SMILES string of the molecule is CC(C)CC(NS(=O)(=O)c1cccc(S(C)(=O)=O)c1)C(=O)O. The first kappa shape index (κ1) is 18.6. The summed E-state index contributed by atoms with van der Waals surface area (Å²) in [5, 5.41) is 9.09. The standard InChI is InChI=1S/C13H19NO6S2/c1-9(2)7-12(13(15)16)14-22(19,20)11-6-4-5-10(8-11)21(3,17)18/h4-6,8-9,12,14H,7H2,1-3H3,(H,15,16). The maximum Gasteiger partial charge on any atom is 0.321 e. The summed E-state index contributed by atoms with van der Waals surface area (Å²) in [5.74, 6) is -1.30. The van der Waals surface area contributed by atoms with Crippen molar-refractivity contribution in [3.8, 4) is 0 Å². The van der Waals surface area contributed by atoms with Crippen LogP contribution in [0.25, 0.3) is 0 Å². The zero-order valence-electron chi connectivity index (χ0n) is 12.5. The molecule has 1 aromatic rings. The summed E-state index contributed by atoms with van der Waals surface area (Å²) >= 11 is 0. The highest BCUT2D eigenvalue weighted by atomic mass is 32.2. The number of sulfonamides is 1. The van der Waals surface area contributed by atoms with Crippen LogP contribution in [0, 0.1) is 5.92 Å². The summed E-state index contributed by atoms with van der Waals surface area (Å²) in [4.78, 5) is 10.7. The summed E-state index contributed by atoms with van der Waals surface area (Å²) in [7, 11) is -7.69. The minimum absolute atomic E-state index is 0.0221. The second-order valence-electron chi connectivity index (χ2n) is 5.39. The Kier molecular flexibility index (Phi) is 5.71. The Labute approximate surface area is 130 Å². The number of rotatable bonds is 7. The molecule has 0 radical (unpaired) electrons.